The van der Waals surface area contributed by atoms with Crippen LogP contribution in [0.2, 0.25) is 0 Å². The number of ether oxygens (including phenoxy) is 1. The summed E-state index contributed by atoms with van der Waals surface area (Å²) in [7, 11) is 1.70. The summed E-state index contributed by atoms with van der Waals surface area (Å²) in [6, 6.07) is 3.70. The van der Waals surface area contributed by atoms with Gasteiger partial charge in [0.05, 0.1) is 0 Å². The molecule has 4 heteroatoms. The minimum absolute atomic E-state index is 0.0454. The van der Waals surface area contributed by atoms with Crippen LogP contribution in [0, 0.1) is 13.8 Å². The molecule has 0 radical (unpaired) electrons. The van der Waals surface area contributed by atoms with Gasteiger partial charge >= 0.3 is 0 Å². The van der Waals surface area contributed by atoms with Gasteiger partial charge in [0.25, 0.3) is 5.91 Å². The lowest BCUT2D eigenvalue weighted by atomic mass is 10.0. The molecule has 0 aliphatic heterocycles. The van der Waals surface area contributed by atoms with Crippen LogP contribution in [0.15, 0.2) is 12.1 Å². The van der Waals surface area contributed by atoms with E-state index in [0.717, 1.165) is 37.0 Å². The maximum Gasteiger partial charge on any atom is 0.251 e. The molecule has 0 saturated carbocycles. The molecular formula is C15H24N2O2. The Morgan fingerprint density at radius 2 is 1.95 bits per heavy atom. The van der Waals surface area contributed by atoms with Gasteiger partial charge in [-0.25, -0.2) is 0 Å². The summed E-state index contributed by atoms with van der Waals surface area (Å²) in [5.41, 5.74) is 9.14. The van der Waals surface area contributed by atoms with Crippen molar-refractivity contribution in [2.24, 2.45) is 0 Å². The molecule has 3 N–H and O–H groups in total. The van der Waals surface area contributed by atoms with Gasteiger partial charge in [-0.2, -0.15) is 0 Å². The van der Waals surface area contributed by atoms with E-state index >= 15 is 0 Å². The van der Waals surface area contributed by atoms with Crippen LogP contribution in [0.5, 0.6) is 0 Å². The fourth-order valence-electron chi connectivity index (χ4n) is 1.96. The summed E-state index contributed by atoms with van der Waals surface area (Å²) in [6.45, 7) is 5.34. The molecule has 4 nitrogen and oxygen atoms in total. The minimum atomic E-state index is -0.0454. The monoisotopic (exact) mass is 264 g/mol. The number of nitrogens with two attached hydrogens (primary N) is 1. The lowest BCUT2D eigenvalue weighted by Gasteiger charge is -2.10. The molecule has 0 aliphatic carbocycles. The quantitative estimate of drug-likeness (QED) is 0.587. The van der Waals surface area contributed by atoms with Crippen LogP contribution in [0.3, 0.4) is 0 Å². The third kappa shape index (κ3) is 4.91. The molecule has 1 aromatic carbocycles. The molecule has 106 valence electrons. The van der Waals surface area contributed by atoms with Crippen LogP contribution < -0.4 is 11.1 Å². The topological polar surface area (TPSA) is 64.3 Å². The number of nitrogens with one attached hydrogen (secondary N) is 1. The van der Waals surface area contributed by atoms with E-state index in [0.29, 0.717) is 17.8 Å². The van der Waals surface area contributed by atoms with Crippen molar-refractivity contribution in [2.75, 3.05) is 26.0 Å². The molecule has 1 amide bonds. The Morgan fingerprint density at radius 3 is 2.63 bits per heavy atom. The predicted octanol–water partition coefficient (Wildman–Crippen LogP) is 2.43. The molecule has 0 aliphatic rings. The van der Waals surface area contributed by atoms with Crippen LogP contribution in [-0.4, -0.2) is 26.2 Å². The van der Waals surface area contributed by atoms with Gasteiger partial charge < -0.3 is 15.8 Å². The van der Waals surface area contributed by atoms with Gasteiger partial charge in [-0.05, 0) is 50.3 Å². The highest BCUT2D eigenvalue weighted by molar-refractivity contribution is 5.96. The molecule has 0 unspecified atom stereocenters. The van der Waals surface area contributed by atoms with Crippen molar-refractivity contribution in [3.63, 3.8) is 0 Å². The average Bonchev–Trinajstić information content (AvgIpc) is 2.37. The number of rotatable bonds is 7. The highest BCUT2D eigenvalue weighted by Crippen LogP contribution is 2.17. The number of carbonyl (C=O) groups is 1. The molecular weight excluding hydrogens is 240 g/mol. The third-order valence-electron chi connectivity index (χ3n) is 3.17. The van der Waals surface area contributed by atoms with Gasteiger partial charge in [0.15, 0.2) is 0 Å². The second-order valence-corrected chi connectivity index (χ2v) is 4.83. The molecule has 19 heavy (non-hydrogen) atoms. The minimum Gasteiger partial charge on any atom is -0.398 e. The Hall–Kier alpha value is -1.55. The van der Waals surface area contributed by atoms with Crippen molar-refractivity contribution in [2.45, 2.75) is 33.1 Å². The van der Waals surface area contributed by atoms with Gasteiger partial charge in [-0.3, -0.25) is 4.79 Å². The lowest BCUT2D eigenvalue weighted by molar-refractivity contribution is 0.0952. The summed E-state index contributed by atoms with van der Waals surface area (Å²) in [5, 5.41) is 2.93. The Balaban J connectivity index is 2.43. The average molecular weight is 264 g/mol. The fourth-order valence-corrected chi connectivity index (χ4v) is 1.96. The standard InChI is InChI=1S/C15H24N2O2/c1-11-9-12(2)14(16)10-13(11)15(18)17-7-5-4-6-8-19-3/h9-10H,4-8,16H2,1-3H3,(H,17,18). The highest BCUT2D eigenvalue weighted by Gasteiger charge is 2.10. The van der Waals surface area contributed by atoms with E-state index < -0.39 is 0 Å². The zero-order chi connectivity index (χ0) is 14.3. The summed E-state index contributed by atoms with van der Waals surface area (Å²) in [6.07, 6.45) is 3.06. The van der Waals surface area contributed by atoms with Crippen LogP contribution in [0.1, 0.15) is 40.7 Å². The number of aryl methyl sites for hydroxylation is 2. The lowest BCUT2D eigenvalue weighted by Crippen LogP contribution is -2.25. The first-order chi connectivity index (χ1) is 9.06. The van der Waals surface area contributed by atoms with Crippen molar-refractivity contribution < 1.29 is 9.53 Å². The summed E-state index contributed by atoms with van der Waals surface area (Å²) < 4.78 is 4.98. The Morgan fingerprint density at radius 1 is 1.21 bits per heavy atom. The first-order valence-corrected chi connectivity index (χ1v) is 6.70. The van der Waals surface area contributed by atoms with E-state index in [1.807, 2.05) is 19.9 Å². The number of anilines is 1. The summed E-state index contributed by atoms with van der Waals surface area (Å²) >= 11 is 0. The number of benzene rings is 1. The number of hydrogen-bond acceptors (Lipinski definition) is 3. The van der Waals surface area contributed by atoms with Crippen molar-refractivity contribution in [1.29, 1.82) is 0 Å². The third-order valence-corrected chi connectivity index (χ3v) is 3.17. The first-order valence-electron chi connectivity index (χ1n) is 6.70. The zero-order valence-corrected chi connectivity index (χ0v) is 12.1. The van der Waals surface area contributed by atoms with Crippen molar-refractivity contribution in [3.8, 4) is 0 Å². The molecule has 0 saturated heterocycles. The Kier molecular flexibility index (Phi) is 6.36. The van der Waals surface area contributed by atoms with E-state index in [1.165, 1.54) is 0 Å². The predicted molar refractivity (Wildman–Crippen MR) is 78.4 cm³/mol. The molecule has 0 atom stereocenters. The van der Waals surface area contributed by atoms with Crippen molar-refractivity contribution >= 4 is 11.6 Å². The molecule has 0 fully saturated rings. The first kappa shape index (κ1) is 15.5. The van der Waals surface area contributed by atoms with Gasteiger partial charge in [-0.1, -0.05) is 6.07 Å². The number of amides is 1. The molecule has 1 aromatic rings. The molecule has 0 heterocycles. The van der Waals surface area contributed by atoms with Crippen molar-refractivity contribution in [1.82, 2.24) is 5.32 Å². The molecule has 1 rings (SSSR count). The van der Waals surface area contributed by atoms with Gasteiger partial charge in [0, 0.05) is 31.5 Å². The molecule has 0 spiro atoms. The van der Waals surface area contributed by atoms with E-state index in [4.69, 9.17) is 10.5 Å². The molecule has 0 bridgehead atoms. The van der Waals surface area contributed by atoms with Crippen LogP contribution in [-0.2, 0) is 4.74 Å². The number of methoxy groups -OCH3 is 1. The summed E-state index contributed by atoms with van der Waals surface area (Å²) in [4.78, 5) is 12.0. The largest absolute Gasteiger partial charge is 0.398 e. The highest BCUT2D eigenvalue weighted by atomic mass is 16.5. The maximum absolute atomic E-state index is 12.0. The van der Waals surface area contributed by atoms with Gasteiger partial charge in [-0.15, -0.1) is 0 Å². The summed E-state index contributed by atoms with van der Waals surface area (Å²) in [5.74, 6) is -0.0454. The van der Waals surface area contributed by atoms with E-state index in [9.17, 15) is 4.79 Å². The van der Waals surface area contributed by atoms with E-state index in [1.54, 1.807) is 13.2 Å². The SMILES string of the molecule is COCCCCCNC(=O)c1cc(N)c(C)cc1C. The second-order valence-electron chi connectivity index (χ2n) is 4.83. The van der Waals surface area contributed by atoms with E-state index in [-0.39, 0.29) is 5.91 Å². The van der Waals surface area contributed by atoms with E-state index in [2.05, 4.69) is 5.32 Å². The van der Waals surface area contributed by atoms with Crippen LogP contribution in [0.25, 0.3) is 0 Å². The Labute approximate surface area is 115 Å². The van der Waals surface area contributed by atoms with Crippen LogP contribution >= 0.6 is 0 Å². The Bertz CT molecular complexity index is 430. The maximum atomic E-state index is 12.0. The fraction of sp³-hybridized carbons (Fsp3) is 0.533. The zero-order valence-electron chi connectivity index (χ0n) is 12.1. The van der Waals surface area contributed by atoms with Gasteiger partial charge in [0.2, 0.25) is 0 Å². The normalized spacial score (nSPS) is 10.5. The number of nitrogen functional groups attached to an aromatic ring is 1. The van der Waals surface area contributed by atoms with Crippen LogP contribution in [0.4, 0.5) is 5.69 Å². The smallest absolute Gasteiger partial charge is 0.251 e. The van der Waals surface area contributed by atoms with Gasteiger partial charge in [0.1, 0.15) is 0 Å². The second kappa shape index (κ2) is 7.79. The van der Waals surface area contributed by atoms with Crippen molar-refractivity contribution in [3.05, 3.63) is 28.8 Å². The number of hydrogen-bond donors (Lipinski definition) is 2. The number of unbranched alkanes of at least 4 members (excludes halogenated alkanes) is 2. The number of carbonyl (C=O) groups excluding carboxylic acids is 1. The molecule has 0 aromatic heterocycles.